The first kappa shape index (κ1) is 13.4. The maximum Gasteiger partial charge on any atom is 0.335 e. The number of para-hydroxylation sites is 1. The summed E-state index contributed by atoms with van der Waals surface area (Å²) in [6.07, 6.45) is 0.816. The Morgan fingerprint density at radius 2 is 2.11 bits per heavy atom. The Morgan fingerprint density at radius 1 is 1.32 bits per heavy atom. The summed E-state index contributed by atoms with van der Waals surface area (Å²) in [7, 11) is 0. The van der Waals surface area contributed by atoms with E-state index < -0.39 is 12.1 Å². The SMILES string of the molecule is CCOC(=O)C1N=COC1c1ccccc1OCC. The summed E-state index contributed by atoms with van der Waals surface area (Å²) in [5.41, 5.74) is 0.805. The van der Waals surface area contributed by atoms with Crippen LogP contribution < -0.4 is 4.74 Å². The molecule has 1 aliphatic rings. The van der Waals surface area contributed by atoms with Gasteiger partial charge in [-0.2, -0.15) is 0 Å². The van der Waals surface area contributed by atoms with E-state index in [2.05, 4.69) is 4.99 Å². The molecule has 2 unspecified atom stereocenters. The molecule has 0 amide bonds. The van der Waals surface area contributed by atoms with E-state index in [4.69, 9.17) is 14.2 Å². The molecule has 2 atom stereocenters. The van der Waals surface area contributed by atoms with E-state index in [0.717, 1.165) is 5.56 Å². The van der Waals surface area contributed by atoms with E-state index in [0.29, 0.717) is 19.0 Å². The van der Waals surface area contributed by atoms with Gasteiger partial charge in [-0.15, -0.1) is 0 Å². The number of rotatable bonds is 5. The van der Waals surface area contributed by atoms with Crippen LogP contribution in [-0.2, 0) is 14.3 Å². The standard InChI is InChI=1S/C14H17NO4/c1-3-17-11-8-6-5-7-10(11)13-12(15-9-19-13)14(16)18-4-2/h5-9,12-13H,3-4H2,1-2H3. The highest BCUT2D eigenvalue weighted by atomic mass is 16.5. The first-order valence-corrected chi connectivity index (χ1v) is 6.33. The van der Waals surface area contributed by atoms with Crippen molar-refractivity contribution in [2.45, 2.75) is 26.0 Å². The average Bonchev–Trinajstić information content (AvgIpc) is 2.89. The molecule has 1 aliphatic heterocycles. The highest BCUT2D eigenvalue weighted by Gasteiger charge is 2.36. The molecule has 0 saturated heterocycles. The van der Waals surface area contributed by atoms with Gasteiger partial charge in [-0.1, -0.05) is 18.2 Å². The highest BCUT2D eigenvalue weighted by molar-refractivity contribution is 5.80. The summed E-state index contributed by atoms with van der Waals surface area (Å²) in [4.78, 5) is 15.9. The largest absolute Gasteiger partial charge is 0.493 e. The molecular weight excluding hydrogens is 246 g/mol. The number of hydrogen-bond donors (Lipinski definition) is 0. The van der Waals surface area contributed by atoms with Gasteiger partial charge in [0.25, 0.3) is 0 Å². The molecule has 19 heavy (non-hydrogen) atoms. The summed E-state index contributed by atoms with van der Waals surface area (Å²) in [6.45, 7) is 4.55. The maximum absolute atomic E-state index is 11.8. The van der Waals surface area contributed by atoms with Crippen molar-refractivity contribution in [3.8, 4) is 5.75 Å². The number of esters is 1. The summed E-state index contributed by atoms with van der Waals surface area (Å²) < 4.78 is 16.0. The second kappa shape index (κ2) is 6.22. The van der Waals surface area contributed by atoms with Crippen LogP contribution in [0.15, 0.2) is 29.3 Å². The molecule has 102 valence electrons. The Kier molecular flexibility index (Phi) is 4.39. The van der Waals surface area contributed by atoms with Crippen LogP contribution in [0, 0.1) is 0 Å². The third kappa shape index (κ3) is 2.86. The molecule has 0 bridgehead atoms. The van der Waals surface area contributed by atoms with Crippen molar-refractivity contribution in [2.24, 2.45) is 4.99 Å². The molecular formula is C14H17NO4. The van der Waals surface area contributed by atoms with Crippen LogP contribution in [-0.4, -0.2) is 31.6 Å². The molecule has 2 rings (SSSR count). The topological polar surface area (TPSA) is 57.1 Å². The number of hydrogen-bond acceptors (Lipinski definition) is 5. The second-order valence-corrected chi connectivity index (χ2v) is 3.98. The highest BCUT2D eigenvalue weighted by Crippen LogP contribution is 2.34. The Bertz CT molecular complexity index is 472. The van der Waals surface area contributed by atoms with E-state index in [1.54, 1.807) is 6.92 Å². The molecule has 1 heterocycles. The molecule has 5 heteroatoms. The number of carbonyl (C=O) groups excluding carboxylic acids is 1. The van der Waals surface area contributed by atoms with Crippen LogP contribution in [0.4, 0.5) is 0 Å². The summed E-state index contributed by atoms with van der Waals surface area (Å²) in [6, 6.07) is 6.81. The van der Waals surface area contributed by atoms with Gasteiger partial charge in [0.15, 0.2) is 18.5 Å². The number of carbonyl (C=O) groups is 1. The van der Waals surface area contributed by atoms with Gasteiger partial charge in [0, 0.05) is 5.56 Å². The van der Waals surface area contributed by atoms with E-state index in [9.17, 15) is 4.79 Å². The molecule has 0 radical (unpaired) electrons. The van der Waals surface area contributed by atoms with Gasteiger partial charge >= 0.3 is 5.97 Å². The zero-order chi connectivity index (χ0) is 13.7. The lowest BCUT2D eigenvalue weighted by Crippen LogP contribution is -2.26. The van der Waals surface area contributed by atoms with Crippen molar-refractivity contribution in [2.75, 3.05) is 13.2 Å². The van der Waals surface area contributed by atoms with Crippen LogP contribution in [0.2, 0.25) is 0 Å². The van der Waals surface area contributed by atoms with Crippen molar-refractivity contribution < 1.29 is 19.0 Å². The van der Waals surface area contributed by atoms with Crippen LogP contribution in [0.25, 0.3) is 0 Å². The first-order chi connectivity index (χ1) is 9.27. The number of aliphatic imine (C=N–C) groups is 1. The Labute approximate surface area is 112 Å². The fourth-order valence-corrected chi connectivity index (χ4v) is 1.98. The minimum atomic E-state index is -0.665. The second-order valence-electron chi connectivity index (χ2n) is 3.98. The molecule has 0 aromatic heterocycles. The maximum atomic E-state index is 11.8. The van der Waals surface area contributed by atoms with Crippen molar-refractivity contribution in [3.05, 3.63) is 29.8 Å². The number of benzene rings is 1. The lowest BCUT2D eigenvalue weighted by atomic mass is 10.0. The Balaban J connectivity index is 2.23. The van der Waals surface area contributed by atoms with E-state index in [1.807, 2.05) is 31.2 Å². The summed E-state index contributed by atoms with van der Waals surface area (Å²) in [5, 5.41) is 0. The lowest BCUT2D eigenvalue weighted by Gasteiger charge is -2.19. The number of ether oxygens (including phenoxy) is 3. The predicted molar refractivity (Wildman–Crippen MR) is 70.4 cm³/mol. The third-order valence-corrected chi connectivity index (χ3v) is 2.77. The normalized spacial score (nSPS) is 20.9. The molecule has 0 N–H and O–H groups in total. The first-order valence-electron chi connectivity index (χ1n) is 6.33. The fourth-order valence-electron chi connectivity index (χ4n) is 1.98. The molecule has 5 nitrogen and oxygen atoms in total. The number of nitrogens with zero attached hydrogens (tertiary/aromatic N) is 1. The summed E-state index contributed by atoms with van der Waals surface area (Å²) >= 11 is 0. The molecule has 1 aromatic rings. The van der Waals surface area contributed by atoms with E-state index >= 15 is 0 Å². The van der Waals surface area contributed by atoms with Gasteiger partial charge < -0.3 is 14.2 Å². The minimum absolute atomic E-state index is 0.324. The van der Waals surface area contributed by atoms with Crippen molar-refractivity contribution in [3.63, 3.8) is 0 Å². The van der Waals surface area contributed by atoms with E-state index in [-0.39, 0.29) is 5.97 Å². The summed E-state index contributed by atoms with van der Waals surface area (Å²) in [5.74, 6) is 0.322. The monoisotopic (exact) mass is 263 g/mol. The van der Waals surface area contributed by atoms with Gasteiger partial charge in [0.1, 0.15) is 5.75 Å². The van der Waals surface area contributed by atoms with Crippen LogP contribution >= 0.6 is 0 Å². The minimum Gasteiger partial charge on any atom is -0.493 e. The van der Waals surface area contributed by atoms with Gasteiger partial charge in [-0.05, 0) is 19.9 Å². The van der Waals surface area contributed by atoms with Crippen LogP contribution in [0.5, 0.6) is 5.75 Å². The van der Waals surface area contributed by atoms with Gasteiger partial charge in [-0.25, -0.2) is 9.79 Å². The molecule has 0 fully saturated rings. The zero-order valence-electron chi connectivity index (χ0n) is 11.0. The molecule has 1 aromatic carbocycles. The van der Waals surface area contributed by atoms with Gasteiger partial charge in [-0.3, -0.25) is 0 Å². The van der Waals surface area contributed by atoms with Crippen molar-refractivity contribution >= 4 is 12.4 Å². The smallest absolute Gasteiger partial charge is 0.335 e. The molecule has 0 aliphatic carbocycles. The average molecular weight is 263 g/mol. The van der Waals surface area contributed by atoms with Crippen molar-refractivity contribution in [1.82, 2.24) is 0 Å². The predicted octanol–water partition coefficient (Wildman–Crippen LogP) is 2.12. The fraction of sp³-hybridized carbons (Fsp3) is 0.429. The van der Waals surface area contributed by atoms with Crippen molar-refractivity contribution in [1.29, 1.82) is 0 Å². The van der Waals surface area contributed by atoms with Crippen LogP contribution in [0.1, 0.15) is 25.5 Å². The Morgan fingerprint density at radius 3 is 2.84 bits per heavy atom. The quantitative estimate of drug-likeness (QED) is 0.763. The van der Waals surface area contributed by atoms with Crippen LogP contribution in [0.3, 0.4) is 0 Å². The van der Waals surface area contributed by atoms with E-state index in [1.165, 1.54) is 6.40 Å². The van der Waals surface area contributed by atoms with Gasteiger partial charge in [0.2, 0.25) is 0 Å². The van der Waals surface area contributed by atoms with Gasteiger partial charge in [0.05, 0.1) is 13.2 Å². The lowest BCUT2D eigenvalue weighted by molar-refractivity contribution is -0.146. The molecule has 0 spiro atoms. The third-order valence-electron chi connectivity index (χ3n) is 2.77. The molecule has 0 saturated carbocycles. The Hall–Kier alpha value is -2.04. The zero-order valence-corrected chi connectivity index (χ0v) is 11.0.